The Morgan fingerprint density at radius 2 is 2.15 bits per heavy atom. The number of likely N-dealkylation sites (tertiary alicyclic amines) is 1. The summed E-state index contributed by atoms with van der Waals surface area (Å²) in [6.07, 6.45) is 6.28. The molecule has 2 aromatic rings. The first kappa shape index (κ1) is 16.6. The van der Waals surface area contributed by atoms with Crippen molar-refractivity contribution in [2.24, 2.45) is 5.92 Å². The van der Waals surface area contributed by atoms with Gasteiger partial charge in [0.05, 0.1) is 6.10 Å². The number of nitrogens with one attached hydrogen (secondary N) is 1. The summed E-state index contributed by atoms with van der Waals surface area (Å²) in [5.74, 6) is 1.37. The van der Waals surface area contributed by atoms with Gasteiger partial charge in [-0.05, 0) is 37.1 Å². The smallest absolute Gasteiger partial charge is 0.126 e. The maximum atomic E-state index is 6.68. The lowest BCUT2D eigenvalue weighted by Crippen LogP contribution is -2.57. The fraction of sp³-hybridized carbons (Fsp3) is 0.550. The topological polar surface area (TPSA) is 50.4 Å². The SMILES string of the molecule is Clc1ccc2c(c1)[C@H]1OCCC[C@@H]1C1(CCN(Cc3ccn[nH]3)CC1)O2. The predicted octanol–water partition coefficient (Wildman–Crippen LogP) is 3.96. The fourth-order valence-corrected chi connectivity index (χ4v) is 5.11. The van der Waals surface area contributed by atoms with Crippen molar-refractivity contribution >= 4 is 11.6 Å². The molecule has 2 saturated heterocycles. The molecule has 0 aliphatic carbocycles. The van der Waals surface area contributed by atoms with E-state index in [4.69, 9.17) is 21.1 Å². The number of piperidine rings is 1. The highest BCUT2D eigenvalue weighted by atomic mass is 35.5. The van der Waals surface area contributed by atoms with Crippen molar-refractivity contribution in [3.63, 3.8) is 0 Å². The Bertz CT molecular complexity index is 771. The number of rotatable bonds is 2. The zero-order valence-corrected chi connectivity index (χ0v) is 15.5. The van der Waals surface area contributed by atoms with E-state index in [2.05, 4.69) is 15.1 Å². The Morgan fingerprint density at radius 1 is 1.27 bits per heavy atom. The number of aromatic amines is 1. The molecule has 0 unspecified atom stereocenters. The number of hydrogen-bond donors (Lipinski definition) is 1. The second-order valence-corrected chi connectivity index (χ2v) is 8.18. The molecule has 4 heterocycles. The van der Waals surface area contributed by atoms with E-state index in [9.17, 15) is 0 Å². The van der Waals surface area contributed by atoms with E-state index in [-0.39, 0.29) is 11.7 Å². The van der Waals surface area contributed by atoms with Gasteiger partial charge in [0.25, 0.3) is 0 Å². The maximum Gasteiger partial charge on any atom is 0.126 e. The van der Waals surface area contributed by atoms with Crippen LogP contribution < -0.4 is 4.74 Å². The molecule has 138 valence electrons. The van der Waals surface area contributed by atoms with Gasteiger partial charge in [0.15, 0.2) is 0 Å². The second-order valence-electron chi connectivity index (χ2n) is 7.75. The van der Waals surface area contributed by atoms with Crippen LogP contribution in [0.5, 0.6) is 5.75 Å². The molecule has 0 amide bonds. The van der Waals surface area contributed by atoms with Gasteiger partial charge in [0.1, 0.15) is 11.4 Å². The molecule has 0 bridgehead atoms. The van der Waals surface area contributed by atoms with E-state index in [0.29, 0.717) is 5.92 Å². The molecule has 2 atom stereocenters. The Hall–Kier alpha value is -1.56. The molecule has 5 rings (SSSR count). The van der Waals surface area contributed by atoms with Crippen LogP contribution in [0.1, 0.15) is 43.0 Å². The average Bonchev–Trinajstić information content (AvgIpc) is 3.18. The summed E-state index contributed by atoms with van der Waals surface area (Å²) in [6, 6.07) is 8.02. The van der Waals surface area contributed by atoms with E-state index in [0.717, 1.165) is 68.3 Å². The molecule has 2 fully saturated rings. The summed E-state index contributed by atoms with van der Waals surface area (Å²) in [6.45, 7) is 3.82. The number of aromatic nitrogens is 2. The van der Waals surface area contributed by atoms with Gasteiger partial charge >= 0.3 is 0 Å². The van der Waals surface area contributed by atoms with Gasteiger partial charge in [0.2, 0.25) is 0 Å². The molecule has 1 N–H and O–H groups in total. The molecular formula is C20H24ClN3O2. The van der Waals surface area contributed by atoms with Crippen LogP contribution in [-0.4, -0.2) is 40.4 Å². The number of nitrogens with zero attached hydrogens (tertiary/aromatic N) is 2. The molecule has 3 aliphatic rings. The predicted molar refractivity (Wildman–Crippen MR) is 99.3 cm³/mol. The zero-order valence-electron chi connectivity index (χ0n) is 14.8. The molecular weight excluding hydrogens is 350 g/mol. The Morgan fingerprint density at radius 3 is 2.96 bits per heavy atom. The highest BCUT2D eigenvalue weighted by Crippen LogP contribution is 2.53. The first-order valence-electron chi connectivity index (χ1n) is 9.54. The van der Waals surface area contributed by atoms with E-state index in [1.54, 1.807) is 0 Å². The minimum atomic E-state index is -0.115. The van der Waals surface area contributed by atoms with Crippen LogP contribution in [0.3, 0.4) is 0 Å². The van der Waals surface area contributed by atoms with Crippen molar-refractivity contribution in [3.05, 3.63) is 46.7 Å². The standard InChI is InChI=1S/C20H24ClN3O2/c21-14-3-4-18-16(12-14)19-17(2-1-11-25-19)20(26-18)6-9-24(10-7-20)13-15-5-8-22-23-15/h3-5,8,12,17,19H,1-2,6-7,9-11,13H2,(H,22,23)/t17-,19+/m0/s1. The Labute approximate surface area is 158 Å². The summed E-state index contributed by atoms with van der Waals surface area (Å²) < 4.78 is 12.9. The van der Waals surface area contributed by atoms with Gasteiger partial charge in [-0.15, -0.1) is 0 Å². The highest BCUT2D eigenvalue weighted by Gasteiger charge is 2.52. The van der Waals surface area contributed by atoms with E-state index < -0.39 is 0 Å². The summed E-state index contributed by atoms with van der Waals surface area (Å²) in [5.41, 5.74) is 2.19. The van der Waals surface area contributed by atoms with E-state index >= 15 is 0 Å². The van der Waals surface area contributed by atoms with Gasteiger partial charge < -0.3 is 9.47 Å². The van der Waals surface area contributed by atoms with Gasteiger partial charge in [-0.2, -0.15) is 5.10 Å². The van der Waals surface area contributed by atoms with Crippen molar-refractivity contribution in [3.8, 4) is 5.75 Å². The lowest BCUT2D eigenvalue weighted by Gasteiger charge is -2.53. The van der Waals surface area contributed by atoms with Crippen LogP contribution in [0.4, 0.5) is 0 Å². The van der Waals surface area contributed by atoms with Crippen LogP contribution in [0.25, 0.3) is 0 Å². The van der Waals surface area contributed by atoms with Crippen LogP contribution in [0.15, 0.2) is 30.5 Å². The fourth-order valence-electron chi connectivity index (χ4n) is 4.93. The summed E-state index contributed by atoms with van der Waals surface area (Å²) in [5, 5.41) is 7.87. The van der Waals surface area contributed by atoms with Crippen molar-refractivity contribution in [1.82, 2.24) is 15.1 Å². The number of fused-ring (bicyclic) bond motifs is 4. The molecule has 1 spiro atoms. The third-order valence-corrected chi connectivity index (χ3v) is 6.48. The second kappa shape index (κ2) is 6.55. The molecule has 1 aromatic carbocycles. The van der Waals surface area contributed by atoms with Crippen molar-refractivity contribution in [2.45, 2.75) is 43.9 Å². The lowest BCUT2D eigenvalue weighted by atomic mass is 9.70. The average molecular weight is 374 g/mol. The van der Waals surface area contributed by atoms with Crippen molar-refractivity contribution < 1.29 is 9.47 Å². The highest BCUT2D eigenvalue weighted by molar-refractivity contribution is 6.30. The van der Waals surface area contributed by atoms with Crippen molar-refractivity contribution in [2.75, 3.05) is 19.7 Å². The minimum Gasteiger partial charge on any atom is -0.486 e. The van der Waals surface area contributed by atoms with Gasteiger partial charge in [-0.25, -0.2) is 0 Å². The first-order valence-corrected chi connectivity index (χ1v) is 9.92. The lowest BCUT2D eigenvalue weighted by molar-refractivity contribution is -0.150. The van der Waals surface area contributed by atoms with Crippen LogP contribution >= 0.6 is 11.6 Å². The quantitative estimate of drug-likeness (QED) is 0.865. The number of hydrogen-bond acceptors (Lipinski definition) is 4. The summed E-state index contributed by atoms with van der Waals surface area (Å²) >= 11 is 6.25. The van der Waals surface area contributed by atoms with Crippen LogP contribution in [0, 0.1) is 5.92 Å². The molecule has 6 heteroatoms. The number of halogens is 1. The van der Waals surface area contributed by atoms with E-state index in [1.165, 1.54) is 5.69 Å². The van der Waals surface area contributed by atoms with Gasteiger partial charge in [-0.3, -0.25) is 10.00 Å². The molecule has 3 aliphatic heterocycles. The Balaban J connectivity index is 1.39. The van der Waals surface area contributed by atoms with Crippen molar-refractivity contribution in [1.29, 1.82) is 0 Å². The molecule has 0 saturated carbocycles. The van der Waals surface area contributed by atoms with Crippen LogP contribution in [0.2, 0.25) is 5.02 Å². The maximum absolute atomic E-state index is 6.68. The van der Waals surface area contributed by atoms with E-state index in [1.807, 2.05) is 30.5 Å². The summed E-state index contributed by atoms with van der Waals surface area (Å²) in [4.78, 5) is 2.48. The number of H-pyrrole nitrogens is 1. The monoisotopic (exact) mass is 373 g/mol. The first-order chi connectivity index (χ1) is 12.7. The summed E-state index contributed by atoms with van der Waals surface area (Å²) in [7, 11) is 0. The third-order valence-electron chi connectivity index (χ3n) is 6.24. The van der Waals surface area contributed by atoms with Gasteiger partial charge in [-0.1, -0.05) is 11.6 Å². The largest absolute Gasteiger partial charge is 0.486 e. The number of benzene rings is 1. The molecule has 1 aromatic heterocycles. The normalized spacial score (nSPS) is 27.6. The molecule has 5 nitrogen and oxygen atoms in total. The molecule has 26 heavy (non-hydrogen) atoms. The van der Waals surface area contributed by atoms with Crippen LogP contribution in [-0.2, 0) is 11.3 Å². The zero-order chi connectivity index (χ0) is 17.6. The molecule has 0 radical (unpaired) electrons. The Kier molecular flexibility index (Phi) is 4.18. The third kappa shape index (κ3) is 2.82. The van der Waals surface area contributed by atoms with Gasteiger partial charge in [0, 0.05) is 67.5 Å². The number of ether oxygens (including phenoxy) is 2. The minimum absolute atomic E-state index is 0.115.